The monoisotopic (exact) mass is 264 g/mol. The van der Waals surface area contributed by atoms with Crippen LogP contribution in [0.2, 0.25) is 0 Å². The number of anilines is 2. The average Bonchev–Trinajstić information content (AvgIpc) is 2.39. The Morgan fingerprint density at radius 1 is 1.63 bits per heavy atom. The lowest BCUT2D eigenvalue weighted by Gasteiger charge is -2.27. The quantitative estimate of drug-likeness (QED) is 0.732. The lowest BCUT2D eigenvalue weighted by atomic mass is 10.2. The van der Waals surface area contributed by atoms with Crippen LogP contribution in [0.1, 0.15) is 17.3 Å². The summed E-state index contributed by atoms with van der Waals surface area (Å²) in [6.07, 6.45) is 1.41. The van der Waals surface area contributed by atoms with Crippen molar-refractivity contribution in [3.63, 3.8) is 0 Å². The van der Waals surface area contributed by atoms with Crippen molar-refractivity contribution in [3.05, 3.63) is 17.8 Å². The largest absolute Gasteiger partial charge is 0.462 e. The molecular formula is C12H16N4O3. The van der Waals surface area contributed by atoms with Gasteiger partial charge in [0.25, 0.3) is 0 Å². The number of aromatic nitrogens is 1. The van der Waals surface area contributed by atoms with Gasteiger partial charge in [-0.15, -0.1) is 0 Å². The molecule has 1 saturated heterocycles. The molecule has 3 N–H and O–H groups in total. The molecule has 0 saturated carbocycles. The minimum Gasteiger partial charge on any atom is -0.462 e. The lowest BCUT2D eigenvalue weighted by Crippen LogP contribution is -2.48. The maximum Gasteiger partial charge on any atom is 0.340 e. The highest BCUT2D eigenvalue weighted by Gasteiger charge is 2.20. The van der Waals surface area contributed by atoms with Crippen molar-refractivity contribution in [1.29, 1.82) is 0 Å². The van der Waals surface area contributed by atoms with Gasteiger partial charge >= 0.3 is 5.97 Å². The van der Waals surface area contributed by atoms with Gasteiger partial charge in [-0.3, -0.25) is 4.79 Å². The first kappa shape index (κ1) is 13.1. The molecule has 1 aliphatic rings. The molecule has 1 aromatic heterocycles. The summed E-state index contributed by atoms with van der Waals surface area (Å²) < 4.78 is 4.93. The Morgan fingerprint density at radius 3 is 3.11 bits per heavy atom. The van der Waals surface area contributed by atoms with Crippen LogP contribution >= 0.6 is 0 Å². The second-order valence-electron chi connectivity index (χ2n) is 4.12. The first-order valence-corrected chi connectivity index (χ1v) is 6.06. The van der Waals surface area contributed by atoms with Crippen LogP contribution in [0.3, 0.4) is 0 Å². The van der Waals surface area contributed by atoms with Gasteiger partial charge < -0.3 is 20.7 Å². The van der Waals surface area contributed by atoms with Gasteiger partial charge in [0.1, 0.15) is 5.82 Å². The number of ether oxygens (including phenoxy) is 1. The summed E-state index contributed by atoms with van der Waals surface area (Å²) in [5, 5.41) is 2.73. The first-order valence-electron chi connectivity index (χ1n) is 6.06. The van der Waals surface area contributed by atoms with Crippen LogP contribution in [-0.2, 0) is 9.53 Å². The van der Waals surface area contributed by atoms with E-state index in [0.717, 1.165) is 0 Å². The van der Waals surface area contributed by atoms with E-state index in [4.69, 9.17) is 10.5 Å². The molecule has 19 heavy (non-hydrogen) atoms. The highest BCUT2D eigenvalue weighted by molar-refractivity contribution is 5.96. The number of rotatable bonds is 3. The standard InChI is InChI=1S/C12H16N4O3/c1-2-19-12(18)8-5-10(15-6-9(8)13)16-4-3-14-11(17)7-16/h5-6H,2-4,7,13H2,1H3,(H,14,17). The minimum absolute atomic E-state index is 0.0671. The Morgan fingerprint density at radius 2 is 2.42 bits per heavy atom. The number of nitrogens with one attached hydrogen (secondary N) is 1. The Kier molecular flexibility index (Phi) is 3.84. The molecule has 0 aliphatic carbocycles. The third kappa shape index (κ3) is 2.93. The number of piperazine rings is 1. The molecule has 2 rings (SSSR count). The molecule has 2 heterocycles. The number of pyridine rings is 1. The second-order valence-corrected chi connectivity index (χ2v) is 4.12. The summed E-state index contributed by atoms with van der Waals surface area (Å²) in [5.41, 5.74) is 6.26. The number of hydrogen-bond acceptors (Lipinski definition) is 6. The van der Waals surface area contributed by atoms with Crippen LogP contribution in [0.25, 0.3) is 0 Å². The fourth-order valence-corrected chi connectivity index (χ4v) is 1.85. The third-order valence-electron chi connectivity index (χ3n) is 2.78. The van der Waals surface area contributed by atoms with Crippen LogP contribution in [0, 0.1) is 0 Å². The number of nitrogen functional groups attached to an aromatic ring is 1. The number of carbonyl (C=O) groups excluding carboxylic acids is 2. The van der Waals surface area contributed by atoms with Crippen LogP contribution in [0.4, 0.5) is 11.5 Å². The van der Waals surface area contributed by atoms with E-state index in [1.807, 2.05) is 0 Å². The van der Waals surface area contributed by atoms with E-state index in [9.17, 15) is 9.59 Å². The minimum atomic E-state index is -0.481. The van der Waals surface area contributed by atoms with Gasteiger partial charge in [0.05, 0.1) is 30.6 Å². The number of nitrogens with two attached hydrogens (primary N) is 1. The van der Waals surface area contributed by atoms with E-state index < -0.39 is 5.97 Å². The second kappa shape index (κ2) is 5.55. The van der Waals surface area contributed by atoms with E-state index >= 15 is 0 Å². The van der Waals surface area contributed by atoms with Crippen LogP contribution in [-0.4, -0.2) is 43.1 Å². The molecule has 0 aromatic carbocycles. The number of nitrogens with zero attached hydrogens (tertiary/aromatic N) is 2. The van der Waals surface area contributed by atoms with E-state index in [1.54, 1.807) is 17.9 Å². The van der Waals surface area contributed by atoms with Gasteiger partial charge in [-0.05, 0) is 13.0 Å². The maximum atomic E-state index is 11.7. The zero-order valence-corrected chi connectivity index (χ0v) is 10.7. The van der Waals surface area contributed by atoms with Gasteiger partial charge in [0.2, 0.25) is 5.91 Å². The molecule has 1 fully saturated rings. The van der Waals surface area contributed by atoms with E-state index in [2.05, 4.69) is 10.3 Å². The Hall–Kier alpha value is -2.31. The molecule has 1 amide bonds. The van der Waals surface area contributed by atoms with Gasteiger partial charge in [-0.2, -0.15) is 0 Å². The lowest BCUT2D eigenvalue weighted by molar-refractivity contribution is -0.120. The highest BCUT2D eigenvalue weighted by atomic mass is 16.5. The Labute approximate surface area is 110 Å². The van der Waals surface area contributed by atoms with Crippen LogP contribution in [0.5, 0.6) is 0 Å². The van der Waals surface area contributed by atoms with Gasteiger partial charge in [0.15, 0.2) is 0 Å². The molecule has 1 aromatic rings. The number of hydrogen-bond donors (Lipinski definition) is 2. The highest BCUT2D eigenvalue weighted by Crippen LogP contribution is 2.19. The normalized spacial score (nSPS) is 15.0. The average molecular weight is 264 g/mol. The van der Waals surface area contributed by atoms with Crippen molar-refractivity contribution in [1.82, 2.24) is 10.3 Å². The summed E-state index contributed by atoms with van der Waals surface area (Å²) in [5.74, 6) is -0.000209. The predicted octanol–water partition coefficient (Wildman–Crippen LogP) is -0.223. The van der Waals surface area contributed by atoms with Crippen LogP contribution in [0.15, 0.2) is 12.3 Å². The maximum absolute atomic E-state index is 11.7. The summed E-state index contributed by atoms with van der Waals surface area (Å²) in [6, 6.07) is 1.56. The molecule has 0 radical (unpaired) electrons. The van der Waals surface area contributed by atoms with E-state index in [0.29, 0.717) is 18.9 Å². The molecule has 7 nitrogen and oxygen atoms in total. The predicted molar refractivity (Wildman–Crippen MR) is 69.8 cm³/mol. The molecule has 0 bridgehead atoms. The van der Waals surface area contributed by atoms with Crippen molar-refractivity contribution >= 4 is 23.4 Å². The van der Waals surface area contributed by atoms with Crippen LogP contribution < -0.4 is 16.0 Å². The SMILES string of the molecule is CCOC(=O)c1cc(N2CCNC(=O)C2)ncc1N. The van der Waals surface area contributed by atoms with Gasteiger partial charge in [-0.25, -0.2) is 9.78 Å². The molecule has 0 spiro atoms. The van der Waals surface area contributed by atoms with Crippen molar-refractivity contribution in [3.8, 4) is 0 Å². The fraction of sp³-hybridized carbons (Fsp3) is 0.417. The molecule has 0 unspecified atom stereocenters. The summed E-state index contributed by atoms with van der Waals surface area (Å²) in [4.78, 5) is 29.0. The summed E-state index contributed by atoms with van der Waals surface area (Å²) in [6.45, 7) is 3.43. The summed E-state index contributed by atoms with van der Waals surface area (Å²) >= 11 is 0. The molecule has 1 aliphatic heterocycles. The molecule has 0 atom stereocenters. The van der Waals surface area contributed by atoms with Crippen molar-refractivity contribution in [2.45, 2.75) is 6.92 Å². The molecular weight excluding hydrogens is 248 g/mol. The number of esters is 1. The third-order valence-corrected chi connectivity index (χ3v) is 2.78. The van der Waals surface area contributed by atoms with E-state index in [-0.39, 0.29) is 30.3 Å². The molecule has 7 heteroatoms. The smallest absolute Gasteiger partial charge is 0.340 e. The first-order chi connectivity index (χ1) is 9.11. The zero-order chi connectivity index (χ0) is 13.8. The topological polar surface area (TPSA) is 97.5 Å². The Balaban J connectivity index is 2.25. The van der Waals surface area contributed by atoms with Gasteiger partial charge in [0, 0.05) is 13.1 Å². The zero-order valence-electron chi connectivity index (χ0n) is 10.7. The van der Waals surface area contributed by atoms with Crippen molar-refractivity contribution < 1.29 is 14.3 Å². The number of amides is 1. The van der Waals surface area contributed by atoms with E-state index in [1.165, 1.54) is 6.20 Å². The van der Waals surface area contributed by atoms with Crippen molar-refractivity contribution in [2.24, 2.45) is 0 Å². The molecule has 102 valence electrons. The number of carbonyl (C=O) groups is 2. The Bertz CT molecular complexity index is 504. The van der Waals surface area contributed by atoms with Gasteiger partial charge in [-0.1, -0.05) is 0 Å². The van der Waals surface area contributed by atoms with Crippen molar-refractivity contribution in [2.75, 3.05) is 36.9 Å². The summed E-state index contributed by atoms with van der Waals surface area (Å²) in [7, 11) is 0. The fourth-order valence-electron chi connectivity index (χ4n) is 1.85.